The van der Waals surface area contributed by atoms with Crippen LogP contribution in [0.5, 0.6) is 0 Å². The van der Waals surface area contributed by atoms with E-state index in [0.717, 1.165) is 12.2 Å². The highest BCUT2D eigenvalue weighted by molar-refractivity contribution is 5.60. The molecular formula is C19H31N3. The quantitative estimate of drug-likeness (QED) is 0.712. The van der Waals surface area contributed by atoms with Crippen LogP contribution in [0.15, 0.2) is 0 Å². The van der Waals surface area contributed by atoms with E-state index in [1.807, 2.05) is 0 Å². The molecule has 122 valence electrons. The minimum Gasteiger partial charge on any atom is -0.366 e. The zero-order chi connectivity index (χ0) is 16.1. The number of hydrogen-bond acceptors (Lipinski definition) is 3. The molecular weight excluding hydrogens is 270 g/mol. The first-order valence-electron chi connectivity index (χ1n) is 8.86. The summed E-state index contributed by atoms with van der Waals surface area (Å²) in [6.45, 7) is 14.7. The fourth-order valence-corrected chi connectivity index (χ4v) is 3.73. The van der Waals surface area contributed by atoms with Gasteiger partial charge in [-0.25, -0.2) is 9.97 Å². The van der Waals surface area contributed by atoms with Crippen molar-refractivity contribution in [3.05, 3.63) is 17.2 Å². The molecule has 2 aliphatic heterocycles. The lowest BCUT2D eigenvalue weighted by Crippen LogP contribution is -2.45. The van der Waals surface area contributed by atoms with Gasteiger partial charge in [0.15, 0.2) is 0 Å². The predicted molar refractivity (Wildman–Crippen MR) is 92.7 cm³/mol. The van der Waals surface area contributed by atoms with Crippen LogP contribution in [0.1, 0.15) is 84.4 Å². The first-order valence-corrected chi connectivity index (χ1v) is 8.86. The fraction of sp³-hybridized carbons (Fsp3) is 0.789. The normalized spacial score (nSPS) is 22.3. The van der Waals surface area contributed by atoms with Crippen molar-refractivity contribution >= 4 is 5.69 Å². The smallest absolute Gasteiger partial charge is 0.134 e. The second-order valence-corrected chi connectivity index (χ2v) is 9.07. The number of rotatable bonds is 0. The Hall–Kier alpha value is -1.12. The topological polar surface area (TPSA) is 29.0 Å². The van der Waals surface area contributed by atoms with Crippen LogP contribution in [-0.2, 0) is 17.3 Å². The van der Waals surface area contributed by atoms with Gasteiger partial charge in [-0.15, -0.1) is 0 Å². The van der Waals surface area contributed by atoms with Crippen LogP contribution in [0.25, 0.3) is 0 Å². The molecule has 0 amide bonds. The Kier molecular flexibility index (Phi) is 3.73. The van der Waals surface area contributed by atoms with Crippen LogP contribution in [-0.4, -0.2) is 22.6 Å². The van der Waals surface area contributed by atoms with Gasteiger partial charge in [0.1, 0.15) is 5.82 Å². The van der Waals surface area contributed by atoms with Crippen LogP contribution in [0.2, 0.25) is 0 Å². The fourth-order valence-electron chi connectivity index (χ4n) is 3.73. The zero-order valence-electron chi connectivity index (χ0n) is 15.2. The van der Waals surface area contributed by atoms with Crippen molar-refractivity contribution in [3.8, 4) is 0 Å². The van der Waals surface area contributed by atoms with Gasteiger partial charge in [0.2, 0.25) is 0 Å². The molecule has 1 unspecified atom stereocenters. The summed E-state index contributed by atoms with van der Waals surface area (Å²) < 4.78 is 0. The first kappa shape index (κ1) is 15.8. The molecule has 0 radical (unpaired) electrons. The molecule has 3 rings (SSSR count). The second-order valence-electron chi connectivity index (χ2n) is 9.07. The summed E-state index contributed by atoms with van der Waals surface area (Å²) in [4.78, 5) is 12.7. The Bertz CT molecular complexity index is 563. The van der Waals surface area contributed by atoms with Crippen LogP contribution in [0, 0.1) is 0 Å². The highest BCUT2D eigenvalue weighted by Crippen LogP contribution is 2.41. The van der Waals surface area contributed by atoms with Gasteiger partial charge < -0.3 is 4.90 Å². The summed E-state index contributed by atoms with van der Waals surface area (Å²) in [5.41, 5.74) is 3.99. The van der Waals surface area contributed by atoms with Crippen molar-refractivity contribution in [1.29, 1.82) is 0 Å². The number of aryl methyl sites for hydroxylation is 1. The molecule has 0 spiro atoms. The third-order valence-corrected chi connectivity index (χ3v) is 4.97. The Balaban J connectivity index is 2.18. The summed E-state index contributed by atoms with van der Waals surface area (Å²) in [7, 11) is 0. The average molecular weight is 301 g/mol. The van der Waals surface area contributed by atoms with Crippen LogP contribution in [0.3, 0.4) is 0 Å². The maximum atomic E-state index is 5.07. The highest BCUT2D eigenvalue weighted by atomic mass is 15.2. The molecule has 0 N–H and O–H groups in total. The highest BCUT2D eigenvalue weighted by Gasteiger charge is 2.36. The molecule has 2 aliphatic rings. The van der Waals surface area contributed by atoms with Gasteiger partial charge in [-0.2, -0.15) is 0 Å². The van der Waals surface area contributed by atoms with E-state index in [0.29, 0.717) is 6.04 Å². The molecule has 3 heterocycles. The van der Waals surface area contributed by atoms with Crippen LogP contribution >= 0.6 is 0 Å². The van der Waals surface area contributed by atoms with E-state index in [-0.39, 0.29) is 10.8 Å². The third-order valence-electron chi connectivity index (χ3n) is 4.97. The summed E-state index contributed by atoms with van der Waals surface area (Å²) in [5.74, 6) is 1.01. The maximum absolute atomic E-state index is 5.07. The Labute approximate surface area is 135 Å². The SMILES string of the molecule is CC(C)(C)c1nc2c(c(C(C)(C)C)n1)N1CCCCC1CC2. The molecule has 0 aromatic carbocycles. The largest absolute Gasteiger partial charge is 0.366 e. The van der Waals surface area contributed by atoms with Crippen LogP contribution in [0.4, 0.5) is 5.69 Å². The molecule has 1 aromatic rings. The van der Waals surface area contributed by atoms with Gasteiger partial charge in [0.05, 0.1) is 17.1 Å². The molecule has 0 aliphatic carbocycles. The predicted octanol–water partition coefficient (Wildman–Crippen LogP) is 4.38. The van der Waals surface area contributed by atoms with Gasteiger partial charge in [0, 0.05) is 23.4 Å². The van der Waals surface area contributed by atoms with Crippen molar-refractivity contribution in [1.82, 2.24) is 9.97 Å². The third kappa shape index (κ3) is 2.75. The number of fused-ring (bicyclic) bond motifs is 3. The number of anilines is 1. The first-order chi connectivity index (χ1) is 10.2. The lowest BCUT2D eigenvalue weighted by atomic mass is 9.84. The van der Waals surface area contributed by atoms with Gasteiger partial charge >= 0.3 is 0 Å². The van der Waals surface area contributed by atoms with Crippen molar-refractivity contribution in [2.24, 2.45) is 0 Å². The van der Waals surface area contributed by atoms with E-state index in [1.165, 1.54) is 49.3 Å². The van der Waals surface area contributed by atoms with E-state index < -0.39 is 0 Å². The van der Waals surface area contributed by atoms with Gasteiger partial charge in [0.25, 0.3) is 0 Å². The maximum Gasteiger partial charge on any atom is 0.134 e. The summed E-state index contributed by atoms with van der Waals surface area (Å²) >= 11 is 0. The molecule has 1 atom stereocenters. The number of nitrogens with zero attached hydrogens (tertiary/aromatic N) is 3. The van der Waals surface area contributed by atoms with E-state index >= 15 is 0 Å². The minimum atomic E-state index is 0.00772. The Morgan fingerprint density at radius 1 is 0.909 bits per heavy atom. The van der Waals surface area contributed by atoms with E-state index in [1.54, 1.807) is 0 Å². The molecule has 1 fully saturated rings. The van der Waals surface area contributed by atoms with Crippen molar-refractivity contribution in [2.45, 2.75) is 90.5 Å². The molecule has 3 nitrogen and oxygen atoms in total. The monoisotopic (exact) mass is 301 g/mol. The Morgan fingerprint density at radius 2 is 1.64 bits per heavy atom. The zero-order valence-corrected chi connectivity index (χ0v) is 15.2. The summed E-state index contributed by atoms with van der Waals surface area (Å²) in [5, 5.41) is 0. The summed E-state index contributed by atoms with van der Waals surface area (Å²) in [6.07, 6.45) is 6.40. The van der Waals surface area contributed by atoms with Gasteiger partial charge in [-0.3, -0.25) is 0 Å². The molecule has 0 bridgehead atoms. The number of hydrogen-bond donors (Lipinski definition) is 0. The van der Waals surface area contributed by atoms with E-state index in [4.69, 9.17) is 9.97 Å². The van der Waals surface area contributed by atoms with Crippen molar-refractivity contribution in [2.75, 3.05) is 11.4 Å². The average Bonchev–Trinajstić information content (AvgIpc) is 2.44. The molecule has 0 saturated carbocycles. The van der Waals surface area contributed by atoms with E-state index in [9.17, 15) is 0 Å². The molecule has 1 saturated heterocycles. The molecule has 22 heavy (non-hydrogen) atoms. The number of aromatic nitrogens is 2. The lowest BCUT2D eigenvalue weighted by Gasteiger charge is -2.44. The summed E-state index contributed by atoms with van der Waals surface area (Å²) in [6, 6.07) is 0.714. The molecule has 1 aromatic heterocycles. The second kappa shape index (κ2) is 5.21. The van der Waals surface area contributed by atoms with Crippen LogP contribution < -0.4 is 4.90 Å². The molecule has 3 heteroatoms. The standard InChI is InChI=1S/C19H31N3/c1-18(2,3)16-15-14(20-17(21-16)19(4,5)6)11-10-13-9-7-8-12-22(13)15/h13H,7-12H2,1-6H3. The van der Waals surface area contributed by atoms with Crippen molar-refractivity contribution in [3.63, 3.8) is 0 Å². The lowest BCUT2D eigenvalue weighted by molar-refractivity contribution is 0.409. The van der Waals surface area contributed by atoms with Crippen molar-refractivity contribution < 1.29 is 0 Å². The van der Waals surface area contributed by atoms with Gasteiger partial charge in [-0.05, 0) is 32.1 Å². The van der Waals surface area contributed by atoms with E-state index in [2.05, 4.69) is 46.4 Å². The minimum absolute atomic E-state index is 0.00772. The Morgan fingerprint density at radius 3 is 2.27 bits per heavy atom. The number of piperidine rings is 1. The van der Waals surface area contributed by atoms with Gasteiger partial charge in [-0.1, -0.05) is 41.5 Å².